The van der Waals surface area contributed by atoms with Gasteiger partial charge in [0.2, 0.25) is 0 Å². The molecule has 0 aliphatic heterocycles. The molecular formula is C15H15N5O. The molecule has 0 spiro atoms. The highest BCUT2D eigenvalue weighted by Crippen LogP contribution is 2.15. The van der Waals surface area contributed by atoms with E-state index in [1.165, 1.54) is 0 Å². The van der Waals surface area contributed by atoms with E-state index in [1.54, 1.807) is 24.1 Å². The standard InChI is InChI=1S/C15H15N5O/c1-19-11-13(10-16-19)18-15(21)17-12-5-4-6-14(9-12)20-7-2-3-8-20/h2-11H,1H3,(H2,17,18,21). The molecule has 6 heteroatoms. The molecule has 0 aliphatic rings. The van der Waals surface area contributed by atoms with Crippen molar-refractivity contribution in [1.82, 2.24) is 14.3 Å². The van der Waals surface area contributed by atoms with Crippen LogP contribution < -0.4 is 10.6 Å². The molecule has 106 valence electrons. The number of rotatable bonds is 3. The van der Waals surface area contributed by atoms with Crippen LogP contribution in [0.2, 0.25) is 0 Å². The molecule has 0 atom stereocenters. The summed E-state index contributed by atoms with van der Waals surface area (Å²) in [6, 6.07) is 11.2. The van der Waals surface area contributed by atoms with E-state index in [-0.39, 0.29) is 6.03 Å². The van der Waals surface area contributed by atoms with E-state index < -0.39 is 0 Å². The number of anilines is 2. The van der Waals surface area contributed by atoms with Crippen LogP contribution in [0.3, 0.4) is 0 Å². The fourth-order valence-electron chi connectivity index (χ4n) is 2.03. The monoisotopic (exact) mass is 281 g/mol. The molecule has 3 aromatic rings. The maximum absolute atomic E-state index is 11.9. The van der Waals surface area contributed by atoms with Gasteiger partial charge in [0.15, 0.2) is 0 Å². The Labute approximate surface area is 122 Å². The number of hydrogen-bond acceptors (Lipinski definition) is 2. The lowest BCUT2D eigenvalue weighted by Gasteiger charge is -2.08. The van der Waals surface area contributed by atoms with Gasteiger partial charge in [-0.15, -0.1) is 0 Å². The van der Waals surface area contributed by atoms with E-state index in [2.05, 4.69) is 15.7 Å². The second kappa shape index (κ2) is 5.54. The number of carbonyl (C=O) groups excluding carboxylic acids is 1. The molecule has 6 nitrogen and oxygen atoms in total. The van der Waals surface area contributed by atoms with E-state index >= 15 is 0 Å². The molecule has 0 saturated carbocycles. The SMILES string of the molecule is Cn1cc(NC(=O)Nc2cccc(-n3cccc3)c2)cn1. The molecule has 21 heavy (non-hydrogen) atoms. The summed E-state index contributed by atoms with van der Waals surface area (Å²) in [5.74, 6) is 0. The van der Waals surface area contributed by atoms with Crippen molar-refractivity contribution in [2.75, 3.05) is 10.6 Å². The molecular weight excluding hydrogens is 266 g/mol. The van der Waals surface area contributed by atoms with Crippen LogP contribution in [-0.2, 0) is 7.05 Å². The van der Waals surface area contributed by atoms with Gasteiger partial charge in [0.25, 0.3) is 0 Å². The van der Waals surface area contributed by atoms with Gasteiger partial charge in [0.1, 0.15) is 0 Å². The van der Waals surface area contributed by atoms with Gasteiger partial charge in [0, 0.05) is 37.0 Å². The number of aromatic nitrogens is 3. The predicted molar refractivity (Wildman–Crippen MR) is 81.6 cm³/mol. The third kappa shape index (κ3) is 3.11. The van der Waals surface area contributed by atoms with Gasteiger partial charge in [-0.05, 0) is 30.3 Å². The fraction of sp³-hybridized carbons (Fsp3) is 0.0667. The van der Waals surface area contributed by atoms with Crippen molar-refractivity contribution in [2.45, 2.75) is 0 Å². The van der Waals surface area contributed by atoms with Gasteiger partial charge < -0.3 is 15.2 Å². The Hall–Kier alpha value is -3.02. The number of amides is 2. The lowest BCUT2D eigenvalue weighted by atomic mass is 10.3. The summed E-state index contributed by atoms with van der Waals surface area (Å²) in [4.78, 5) is 11.9. The van der Waals surface area contributed by atoms with Gasteiger partial charge >= 0.3 is 6.03 Å². The molecule has 2 heterocycles. The molecule has 2 amide bonds. The minimum atomic E-state index is -0.298. The highest BCUT2D eigenvalue weighted by Gasteiger charge is 2.05. The number of nitrogens with one attached hydrogen (secondary N) is 2. The molecule has 0 bridgehead atoms. The number of hydrogen-bond donors (Lipinski definition) is 2. The van der Waals surface area contributed by atoms with E-state index in [9.17, 15) is 4.79 Å². The predicted octanol–water partition coefficient (Wildman–Crippen LogP) is 2.85. The highest BCUT2D eigenvalue weighted by atomic mass is 16.2. The minimum absolute atomic E-state index is 0.298. The van der Waals surface area contributed by atoms with Gasteiger partial charge in [0.05, 0.1) is 11.9 Å². The highest BCUT2D eigenvalue weighted by molar-refractivity contribution is 5.99. The number of benzene rings is 1. The first-order valence-electron chi connectivity index (χ1n) is 6.51. The Kier molecular flexibility index (Phi) is 3.42. The van der Waals surface area contributed by atoms with Crippen LogP contribution in [0.4, 0.5) is 16.2 Å². The number of urea groups is 1. The molecule has 0 fully saturated rings. The molecule has 2 aromatic heterocycles. The number of carbonyl (C=O) groups is 1. The largest absolute Gasteiger partial charge is 0.324 e. The second-order valence-electron chi connectivity index (χ2n) is 4.62. The van der Waals surface area contributed by atoms with Crippen molar-refractivity contribution in [1.29, 1.82) is 0 Å². The summed E-state index contributed by atoms with van der Waals surface area (Å²) in [6.07, 6.45) is 7.23. The molecule has 3 rings (SSSR count). The summed E-state index contributed by atoms with van der Waals surface area (Å²) >= 11 is 0. The Morgan fingerprint density at radius 1 is 1.10 bits per heavy atom. The molecule has 2 N–H and O–H groups in total. The average molecular weight is 281 g/mol. The molecule has 0 saturated heterocycles. The molecule has 0 aliphatic carbocycles. The normalized spacial score (nSPS) is 10.3. The smallest absolute Gasteiger partial charge is 0.323 e. The van der Waals surface area contributed by atoms with Crippen molar-refractivity contribution in [3.63, 3.8) is 0 Å². The number of aryl methyl sites for hydroxylation is 1. The maximum Gasteiger partial charge on any atom is 0.323 e. The van der Waals surface area contributed by atoms with Crippen LogP contribution in [0, 0.1) is 0 Å². The second-order valence-corrected chi connectivity index (χ2v) is 4.62. The Morgan fingerprint density at radius 2 is 1.86 bits per heavy atom. The summed E-state index contributed by atoms with van der Waals surface area (Å²) in [5, 5.41) is 9.52. The number of nitrogens with zero attached hydrogens (tertiary/aromatic N) is 3. The third-order valence-corrected chi connectivity index (χ3v) is 2.97. The zero-order chi connectivity index (χ0) is 14.7. The molecule has 0 radical (unpaired) electrons. The summed E-state index contributed by atoms with van der Waals surface area (Å²) in [5.41, 5.74) is 2.36. The first-order valence-corrected chi connectivity index (χ1v) is 6.51. The van der Waals surface area contributed by atoms with Crippen LogP contribution in [0.1, 0.15) is 0 Å². The lowest BCUT2D eigenvalue weighted by Crippen LogP contribution is -2.19. The van der Waals surface area contributed by atoms with Gasteiger partial charge in [-0.3, -0.25) is 4.68 Å². The fourth-order valence-corrected chi connectivity index (χ4v) is 2.03. The summed E-state index contributed by atoms with van der Waals surface area (Å²) < 4.78 is 3.60. The van der Waals surface area contributed by atoms with E-state index in [4.69, 9.17) is 0 Å². The van der Waals surface area contributed by atoms with Crippen LogP contribution in [0.5, 0.6) is 0 Å². The Bertz CT molecular complexity index is 745. The zero-order valence-electron chi connectivity index (χ0n) is 11.5. The van der Waals surface area contributed by atoms with Crippen LogP contribution in [-0.4, -0.2) is 20.4 Å². The van der Waals surface area contributed by atoms with E-state index in [0.717, 1.165) is 11.4 Å². The minimum Gasteiger partial charge on any atom is -0.324 e. The molecule has 1 aromatic carbocycles. The molecule has 0 unspecified atom stereocenters. The first-order chi connectivity index (χ1) is 10.2. The van der Waals surface area contributed by atoms with Crippen LogP contribution in [0.25, 0.3) is 5.69 Å². The lowest BCUT2D eigenvalue weighted by molar-refractivity contribution is 0.262. The quantitative estimate of drug-likeness (QED) is 0.775. The van der Waals surface area contributed by atoms with Crippen molar-refractivity contribution in [3.8, 4) is 5.69 Å². The van der Waals surface area contributed by atoms with Crippen molar-refractivity contribution >= 4 is 17.4 Å². The van der Waals surface area contributed by atoms with Gasteiger partial charge in [-0.1, -0.05) is 6.07 Å². The van der Waals surface area contributed by atoms with Crippen molar-refractivity contribution < 1.29 is 4.79 Å². The zero-order valence-corrected chi connectivity index (χ0v) is 11.5. The van der Waals surface area contributed by atoms with E-state index in [1.807, 2.05) is 53.4 Å². The van der Waals surface area contributed by atoms with Crippen molar-refractivity contribution in [3.05, 3.63) is 61.2 Å². The van der Waals surface area contributed by atoms with E-state index in [0.29, 0.717) is 5.69 Å². The van der Waals surface area contributed by atoms with Crippen LogP contribution >= 0.6 is 0 Å². The first kappa shape index (κ1) is 13.0. The van der Waals surface area contributed by atoms with Crippen molar-refractivity contribution in [2.24, 2.45) is 7.05 Å². The summed E-state index contributed by atoms with van der Waals surface area (Å²) in [6.45, 7) is 0. The Balaban J connectivity index is 1.70. The Morgan fingerprint density at radius 3 is 2.57 bits per heavy atom. The topological polar surface area (TPSA) is 63.9 Å². The third-order valence-electron chi connectivity index (χ3n) is 2.97. The van der Waals surface area contributed by atoms with Gasteiger partial charge in [-0.25, -0.2) is 4.79 Å². The van der Waals surface area contributed by atoms with Crippen LogP contribution in [0.15, 0.2) is 61.2 Å². The average Bonchev–Trinajstić information content (AvgIpc) is 3.11. The van der Waals surface area contributed by atoms with Gasteiger partial charge in [-0.2, -0.15) is 5.10 Å². The maximum atomic E-state index is 11.9. The summed E-state index contributed by atoms with van der Waals surface area (Å²) in [7, 11) is 1.80.